The minimum atomic E-state index is -0.337. The number of aromatic nitrogens is 4. The zero-order valence-corrected chi connectivity index (χ0v) is 10.2. The molecule has 2 aromatic heterocycles. The van der Waals surface area contributed by atoms with E-state index < -0.39 is 0 Å². The van der Waals surface area contributed by atoms with E-state index in [0.29, 0.717) is 5.69 Å². The molecule has 0 saturated heterocycles. The summed E-state index contributed by atoms with van der Waals surface area (Å²) in [7, 11) is 0. The highest BCUT2D eigenvalue weighted by Gasteiger charge is 1.97. The summed E-state index contributed by atoms with van der Waals surface area (Å²) in [6.45, 7) is 3.87. The number of hydrogen-bond acceptors (Lipinski definition) is 3. The van der Waals surface area contributed by atoms with E-state index in [1.807, 2.05) is 13.8 Å². The van der Waals surface area contributed by atoms with E-state index in [1.165, 1.54) is 12.4 Å². The molecule has 94 valence electrons. The lowest BCUT2D eigenvalue weighted by Crippen LogP contribution is -2.47. The molecular formula is C12H14N4O2. The molecule has 0 aliphatic heterocycles. The molecule has 3 N–H and O–H groups in total. The van der Waals surface area contributed by atoms with E-state index in [4.69, 9.17) is 0 Å². The molecule has 2 heterocycles. The Morgan fingerprint density at radius 1 is 1.17 bits per heavy atom. The van der Waals surface area contributed by atoms with Crippen molar-refractivity contribution in [2.24, 2.45) is 5.92 Å². The molecule has 2 rings (SSSR count). The van der Waals surface area contributed by atoms with E-state index >= 15 is 0 Å². The lowest BCUT2D eigenvalue weighted by Gasteiger charge is -1.93. The van der Waals surface area contributed by atoms with Crippen LogP contribution >= 0.6 is 0 Å². The predicted octanol–water partition coefficient (Wildman–Crippen LogP) is -0.948. The Bertz CT molecular complexity index is 751. The van der Waals surface area contributed by atoms with Crippen molar-refractivity contribution >= 4 is 12.2 Å². The third-order valence-electron chi connectivity index (χ3n) is 2.30. The van der Waals surface area contributed by atoms with Crippen molar-refractivity contribution < 1.29 is 0 Å². The lowest BCUT2D eigenvalue weighted by atomic mass is 10.2. The molecule has 0 spiro atoms. The molecule has 0 bridgehead atoms. The van der Waals surface area contributed by atoms with Gasteiger partial charge >= 0.3 is 0 Å². The van der Waals surface area contributed by atoms with Gasteiger partial charge in [-0.2, -0.15) is 0 Å². The van der Waals surface area contributed by atoms with E-state index in [0.717, 1.165) is 0 Å². The van der Waals surface area contributed by atoms with Crippen LogP contribution in [-0.2, 0) is 0 Å². The number of rotatable bonds is 2. The van der Waals surface area contributed by atoms with Gasteiger partial charge in [-0.1, -0.05) is 19.9 Å². The second kappa shape index (κ2) is 4.87. The minimum Gasteiger partial charge on any atom is -0.345 e. The van der Waals surface area contributed by atoms with Gasteiger partial charge in [0.25, 0.3) is 11.1 Å². The van der Waals surface area contributed by atoms with Crippen LogP contribution in [0.2, 0.25) is 0 Å². The van der Waals surface area contributed by atoms with Crippen molar-refractivity contribution in [1.82, 2.24) is 19.9 Å². The van der Waals surface area contributed by atoms with Crippen molar-refractivity contribution in [1.29, 1.82) is 0 Å². The largest absolute Gasteiger partial charge is 0.345 e. The van der Waals surface area contributed by atoms with Gasteiger partial charge in [0, 0.05) is 0 Å². The summed E-state index contributed by atoms with van der Waals surface area (Å²) >= 11 is 0. The van der Waals surface area contributed by atoms with E-state index in [1.54, 1.807) is 12.3 Å². The van der Waals surface area contributed by atoms with Crippen LogP contribution in [0.4, 0.5) is 0 Å². The molecule has 6 nitrogen and oxygen atoms in total. The normalized spacial score (nSPS) is 13.5. The fourth-order valence-corrected chi connectivity index (χ4v) is 1.55. The highest BCUT2D eigenvalue weighted by molar-refractivity contribution is 5.41. The molecule has 0 amide bonds. The van der Waals surface area contributed by atoms with Crippen LogP contribution in [0.5, 0.6) is 0 Å². The first-order valence-electron chi connectivity index (χ1n) is 5.61. The van der Waals surface area contributed by atoms with E-state index in [2.05, 4.69) is 19.9 Å². The molecule has 2 aromatic rings. The Balaban J connectivity index is 2.65. The van der Waals surface area contributed by atoms with Gasteiger partial charge in [0.1, 0.15) is 10.7 Å². The average Bonchev–Trinajstić information content (AvgIpc) is 2.77. The van der Waals surface area contributed by atoms with Crippen LogP contribution in [0.25, 0.3) is 12.2 Å². The standard InChI is InChI=1S/C12H14N4O2/c1-7(2)3-9-11(17)16-10(12(18)15-9)4-8-5-13-6-14-8/h3-7H,1-2H3,(H,13,14)(H,15,18)(H,16,17). The second-order valence-corrected chi connectivity index (χ2v) is 4.30. The highest BCUT2D eigenvalue weighted by atomic mass is 16.1. The Kier molecular flexibility index (Phi) is 3.27. The van der Waals surface area contributed by atoms with Crippen LogP contribution < -0.4 is 21.8 Å². The van der Waals surface area contributed by atoms with Gasteiger partial charge in [-0.3, -0.25) is 9.59 Å². The average molecular weight is 246 g/mol. The number of nitrogens with zero attached hydrogens (tertiary/aromatic N) is 1. The molecule has 0 unspecified atom stereocenters. The Labute approximate surface area is 102 Å². The molecule has 6 heteroatoms. The van der Waals surface area contributed by atoms with Crippen molar-refractivity contribution in [3.8, 4) is 0 Å². The summed E-state index contributed by atoms with van der Waals surface area (Å²) in [5.41, 5.74) is 0.00176. The van der Waals surface area contributed by atoms with Gasteiger partial charge in [0.2, 0.25) is 0 Å². The van der Waals surface area contributed by atoms with Gasteiger partial charge in [-0.25, -0.2) is 4.98 Å². The first-order valence-corrected chi connectivity index (χ1v) is 5.61. The maximum atomic E-state index is 11.8. The second-order valence-electron chi connectivity index (χ2n) is 4.30. The number of hydrogen-bond donors (Lipinski definition) is 3. The first kappa shape index (κ1) is 12.1. The zero-order valence-electron chi connectivity index (χ0n) is 10.2. The Morgan fingerprint density at radius 3 is 2.44 bits per heavy atom. The summed E-state index contributed by atoms with van der Waals surface area (Å²) in [4.78, 5) is 35.3. The maximum absolute atomic E-state index is 11.8. The van der Waals surface area contributed by atoms with Gasteiger partial charge < -0.3 is 15.0 Å². The fourth-order valence-electron chi connectivity index (χ4n) is 1.55. The number of H-pyrrole nitrogens is 3. The molecule has 0 saturated carbocycles. The highest BCUT2D eigenvalue weighted by Crippen LogP contribution is 1.89. The molecule has 0 atom stereocenters. The van der Waals surface area contributed by atoms with Crippen molar-refractivity contribution in [2.45, 2.75) is 13.8 Å². The summed E-state index contributed by atoms with van der Waals surface area (Å²) in [5.74, 6) is 0.184. The van der Waals surface area contributed by atoms with Gasteiger partial charge in [-0.15, -0.1) is 0 Å². The number of imidazole rings is 1. The Hall–Kier alpha value is -2.37. The van der Waals surface area contributed by atoms with Gasteiger partial charge in [-0.05, 0) is 12.0 Å². The van der Waals surface area contributed by atoms with Crippen LogP contribution in [0.3, 0.4) is 0 Å². The third-order valence-corrected chi connectivity index (χ3v) is 2.30. The van der Waals surface area contributed by atoms with Gasteiger partial charge in [0.15, 0.2) is 0 Å². The van der Waals surface area contributed by atoms with Crippen molar-refractivity contribution in [3.63, 3.8) is 0 Å². The summed E-state index contributed by atoms with van der Waals surface area (Å²) < 4.78 is 0. The molecule has 0 aliphatic rings. The smallest absolute Gasteiger partial charge is 0.272 e. The Morgan fingerprint density at radius 2 is 1.83 bits per heavy atom. The van der Waals surface area contributed by atoms with Crippen molar-refractivity contribution in [3.05, 3.63) is 49.6 Å². The van der Waals surface area contributed by atoms with E-state index in [9.17, 15) is 9.59 Å². The number of aromatic amines is 3. The third kappa shape index (κ3) is 2.65. The molecule has 0 aliphatic carbocycles. The molecule has 0 aromatic carbocycles. The minimum absolute atomic E-state index is 0.184. The fraction of sp³-hybridized carbons (Fsp3) is 0.250. The monoisotopic (exact) mass is 246 g/mol. The molecule has 0 fully saturated rings. The number of nitrogens with one attached hydrogen (secondary N) is 3. The molecule has 18 heavy (non-hydrogen) atoms. The van der Waals surface area contributed by atoms with Crippen LogP contribution in [-0.4, -0.2) is 19.9 Å². The van der Waals surface area contributed by atoms with Gasteiger partial charge in [0.05, 0.1) is 18.2 Å². The summed E-state index contributed by atoms with van der Waals surface area (Å²) in [6.07, 6.45) is 6.30. The first-order chi connectivity index (χ1) is 8.56. The maximum Gasteiger partial charge on any atom is 0.272 e. The van der Waals surface area contributed by atoms with Crippen molar-refractivity contribution in [2.75, 3.05) is 0 Å². The van der Waals surface area contributed by atoms with Crippen LogP contribution in [0.1, 0.15) is 19.5 Å². The van der Waals surface area contributed by atoms with Crippen LogP contribution in [0, 0.1) is 5.92 Å². The van der Waals surface area contributed by atoms with Crippen LogP contribution in [0.15, 0.2) is 22.1 Å². The SMILES string of the molecule is CC(C)C=c1[nH]c(=O)c(=Cc2cnc[nH]2)[nH]c1=O. The summed E-state index contributed by atoms with van der Waals surface area (Å²) in [5, 5.41) is 0.488. The predicted molar refractivity (Wildman–Crippen MR) is 68.4 cm³/mol. The lowest BCUT2D eigenvalue weighted by molar-refractivity contribution is 0.866. The topological polar surface area (TPSA) is 94.4 Å². The quantitative estimate of drug-likeness (QED) is 0.637. The molecular weight excluding hydrogens is 232 g/mol. The zero-order chi connectivity index (χ0) is 13.1. The molecule has 0 radical (unpaired) electrons. The van der Waals surface area contributed by atoms with E-state index in [-0.39, 0.29) is 27.7 Å². The summed E-state index contributed by atoms with van der Waals surface area (Å²) in [6, 6.07) is 0.